The lowest BCUT2D eigenvalue weighted by molar-refractivity contribution is 0.233. The van der Waals surface area contributed by atoms with Crippen LogP contribution in [0.4, 0.5) is 0 Å². The molecule has 1 rings (SSSR count). The summed E-state index contributed by atoms with van der Waals surface area (Å²) in [6, 6.07) is 0.572. The molecule has 0 amide bonds. The Morgan fingerprint density at radius 2 is 1.93 bits per heavy atom. The van der Waals surface area contributed by atoms with Gasteiger partial charge < -0.3 is 11.1 Å². The van der Waals surface area contributed by atoms with Gasteiger partial charge in [-0.1, -0.05) is 26.7 Å². The molecule has 1 aliphatic carbocycles. The molecule has 1 fully saturated rings. The Balaban J connectivity index is 2.29. The molecular weight excluding hydrogens is 172 g/mol. The van der Waals surface area contributed by atoms with Gasteiger partial charge in [-0.15, -0.1) is 0 Å². The third-order valence-corrected chi connectivity index (χ3v) is 3.54. The molecule has 0 heterocycles. The maximum atomic E-state index is 5.82. The number of rotatable bonds is 5. The molecule has 0 aromatic rings. The van der Waals surface area contributed by atoms with Crippen LogP contribution in [0.2, 0.25) is 0 Å². The third-order valence-electron chi connectivity index (χ3n) is 3.54. The van der Waals surface area contributed by atoms with E-state index in [1.54, 1.807) is 0 Å². The van der Waals surface area contributed by atoms with Gasteiger partial charge in [-0.3, -0.25) is 0 Å². The monoisotopic (exact) mass is 198 g/mol. The van der Waals surface area contributed by atoms with E-state index in [0.717, 1.165) is 24.9 Å². The summed E-state index contributed by atoms with van der Waals surface area (Å²) in [6.45, 7) is 6.50. The Hall–Kier alpha value is -0.0800. The highest BCUT2D eigenvalue weighted by Gasteiger charge is 2.24. The molecule has 0 saturated heterocycles. The van der Waals surface area contributed by atoms with Gasteiger partial charge in [-0.25, -0.2) is 0 Å². The predicted octanol–water partition coefficient (Wildman–Crippen LogP) is 2.14. The van der Waals surface area contributed by atoms with E-state index < -0.39 is 0 Å². The van der Waals surface area contributed by atoms with E-state index in [0.29, 0.717) is 6.04 Å². The van der Waals surface area contributed by atoms with Crippen LogP contribution in [-0.4, -0.2) is 19.1 Å². The van der Waals surface area contributed by atoms with Crippen molar-refractivity contribution >= 4 is 0 Å². The number of nitrogens with two attached hydrogens (primary N) is 1. The average molecular weight is 198 g/mol. The SMILES string of the molecule is CCCNC(CN)C1CCC(C)CC1. The van der Waals surface area contributed by atoms with Gasteiger partial charge >= 0.3 is 0 Å². The lowest BCUT2D eigenvalue weighted by Gasteiger charge is -2.32. The summed E-state index contributed by atoms with van der Waals surface area (Å²) in [5.74, 6) is 1.78. The van der Waals surface area contributed by atoms with Crippen molar-refractivity contribution < 1.29 is 0 Å². The van der Waals surface area contributed by atoms with Crippen LogP contribution >= 0.6 is 0 Å². The average Bonchev–Trinajstić information content (AvgIpc) is 2.21. The predicted molar refractivity (Wildman–Crippen MR) is 62.3 cm³/mol. The first-order valence-corrected chi connectivity index (χ1v) is 6.21. The molecule has 0 bridgehead atoms. The van der Waals surface area contributed by atoms with E-state index in [-0.39, 0.29) is 0 Å². The lowest BCUT2D eigenvalue weighted by atomic mass is 9.79. The van der Waals surface area contributed by atoms with Crippen molar-refractivity contribution in [1.29, 1.82) is 0 Å². The van der Waals surface area contributed by atoms with Crippen LogP contribution in [0.15, 0.2) is 0 Å². The minimum atomic E-state index is 0.572. The Kier molecular flexibility index (Phi) is 5.49. The van der Waals surface area contributed by atoms with Gasteiger partial charge in [-0.05, 0) is 37.6 Å². The van der Waals surface area contributed by atoms with Gasteiger partial charge in [0.2, 0.25) is 0 Å². The Bertz CT molecular complexity index is 137. The van der Waals surface area contributed by atoms with Gasteiger partial charge in [-0.2, -0.15) is 0 Å². The molecule has 14 heavy (non-hydrogen) atoms. The Morgan fingerprint density at radius 1 is 1.29 bits per heavy atom. The topological polar surface area (TPSA) is 38.0 Å². The maximum Gasteiger partial charge on any atom is 0.0218 e. The molecule has 0 aliphatic heterocycles. The van der Waals surface area contributed by atoms with Crippen molar-refractivity contribution in [3.05, 3.63) is 0 Å². The standard InChI is InChI=1S/C12H26N2/c1-3-8-14-12(9-13)11-6-4-10(2)5-7-11/h10-12,14H,3-9,13H2,1-2H3. The van der Waals surface area contributed by atoms with Gasteiger partial charge in [0.15, 0.2) is 0 Å². The maximum absolute atomic E-state index is 5.82. The summed E-state index contributed by atoms with van der Waals surface area (Å²) in [5.41, 5.74) is 5.82. The molecule has 0 radical (unpaired) electrons. The summed E-state index contributed by atoms with van der Waals surface area (Å²) in [7, 11) is 0. The fourth-order valence-electron chi connectivity index (χ4n) is 2.46. The molecule has 1 atom stereocenters. The van der Waals surface area contributed by atoms with Gasteiger partial charge in [0, 0.05) is 12.6 Å². The smallest absolute Gasteiger partial charge is 0.0218 e. The Morgan fingerprint density at radius 3 is 2.43 bits per heavy atom. The van der Waals surface area contributed by atoms with E-state index in [2.05, 4.69) is 19.2 Å². The molecule has 2 heteroatoms. The van der Waals surface area contributed by atoms with Crippen molar-refractivity contribution in [2.45, 2.75) is 52.0 Å². The van der Waals surface area contributed by atoms with E-state index in [9.17, 15) is 0 Å². The lowest BCUT2D eigenvalue weighted by Crippen LogP contribution is -2.43. The van der Waals surface area contributed by atoms with Crippen molar-refractivity contribution in [2.75, 3.05) is 13.1 Å². The van der Waals surface area contributed by atoms with Crippen molar-refractivity contribution in [1.82, 2.24) is 5.32 Å². The van der Waals surface area contributed by atoms with Crippen LogP contribution in [0.5, 0.6) is 0 Å². The molecule has 1 unspecified atom stereocenters. The molecule has 0 aromatic carbocycles. The fraction of sp³-hybridized carbons (Fsp3) is 1.00. The second kappa shape index (κ2) is 6.41. The highest BCUT2D eigenvalue weighted by Crippen LogP contribution is 2.30. The van der Waals surface area contributed by atoms with Gasteiger partial charge in [0.1, 0.15) is 0 Å². The first-order valence-electron chi connectivity index (χ1n) is 6.21. The largest absolute Gasteiger partial charge is 0.329 e. The van der Waals surface area contributed by atoms with Crippen molar-refractivity contribution in [2.24, 2.45) is 17.6 Å². The van der Waals surface area contributed by atoms with Crippen LogP contribution in [-0.2, 0) is 0 Å². The van der Waals surface area contributed by atoms with Gasteiger partial charge in [0.05, 0.1) is 0 Å². The summed E-state index contributed by atoms with van der Waals surface area (Å²) in [6.07, 6.45) is 6.75. The zero-order valence-electron chi connectivity index (χ0n) is 9.76. The third kappa shape index (κ3) is 3.58. The molecule has 0 aromatic heterocycles. The fourth-order valence-corrected chi connectivity index (χ4v) is 2.46. The first kappa shape index (κ1) is 12.0. The molecule has 0 spiro atoms. The van der Waals surface area contributed by atoms with E-state index in [1.807, 2.05) is 0 Å². The highest BCUT2D eigenvalue weighted by molar-refractivity contribution is 4.81. The molecule has 84 valence electrons. The van der Waals surface area contributed by atoms with E-state index in [1.165, 1.54) is 32.1 Å². The Labute approximate surface area is 88.6 Å². The summed E-state index contributed by atoms with van der Waals surface area (Å²) < 4.78 is 0. The normalized spacial score (nSPS) is 30.2. The zero-order chi connectivity index (χ0) is 10.4. The minimum Gasteiger partial charge on any atom is -0.329 e. The van der Waals surface area contributed by atoms with Crippen LogP contribution < -0.4 is 11.1 Å². The summed E-state index contributed by atoms with van der Waals surface area (Å²) in [5, 5.41) is 3.58. The summed E-state index contributed by atoms with van der Waals surface area (Å²) in [4.78, 5) is 0. The van der Waals surface area contributed by atoms with Crippen LogP contribution in [0.3, 0.4) is 0 Å². The zero-order valence-corrected chi connectivity index (χ0v) is 9.76. The van der Waals surface area contributed by atoms with E-state index in [4.69, 9.17) is 5.73 Å². The second-order valence-electron chi connectivity index (χ2n) is 4.82. The van der Waals surface area contributed by atoms with Crippen LogP contribution in [0.1, 0.15) is 46.0 Å². The molecule has 1 aliphatic rings. The molecular formula is C12H26N2. The number of hydrogen-bond donors (Lipinski definition) is 2. The molecule has 1 saturated carbocycles. The van der Waals surface area contributed by atoms with Gasteiger partial charge in [0.25, 0.3) is 0 Å². The molecule has 2 nitrogen and oxygen atoms in total. The quantitative estimate of drug-likeness (QED) is 0.710. The number of hydrogen-bond acceptors (Lipinski definition) is 2. The van der Waals surface area contributed by atoms with Crippen molar-refractivity contribution in [3.63, 3.8) is 0 Å². The minimum absolute atomic E-state index is 0.572. The second-order valence-corrected chi connectivity index (χ2v) is 4.82. The van der Waals surface area contributed by atoms with E-state index >= 15 is 0 Å². The van der Waals surface area contributed by atoms with Crippen LogP contribution in [0.25, 0.3) is 0 Å². The van der Waals surface area contributed by atoms with Crippen molar-refractivity contribution in [3.8, 4) is 0 Å². The highest BCUT2D eigenvalue weighted by atomic mass is 14.9. The molecule has 3 N–H and O–H groups in total. The first-order chi connectivity index (χ1) is 6.77. The summed E-state index contributed by atoms with van der Waals surface area (Å²) >= 11 is 0. The van der Waals surface area contributed by atoms with Crippen LogP contribution in [0, 0.1) is 11.8 Å². The number of nitrogens with one attached hydrogen (secondary N) is 1.